The molecule has 2 aromatic carbocycles. The fraction of sp³-hybridized carbons (Fsp3) is 0.118. The summed E-state index contributed by atoms with van der Waals surface area (Å²) >= 11 is 0. The van der Waals surface area contributed by atoms with Crippen LogP contribution in [0.2, 0.25) is 0 Å². The minimum absolute atomic E-state index is 0.00919. The fourth-order valence-corrected chi connectivity index (χ4v) is 1.78. The van der Waals surface area contributed by atoms with Crippen molar-refractivity contribution in [2.45, 2.75) is 13.0 Å². The second kappa shape index (κ2) is 7.77. The predicted octanol–water partition coefficient (Wildman–Crippen LogP) is 2.29. The third-order valence-electron chi connectivity index (χ3n) is 3.02. The van der Waals surface area contributed by atoms with Crippen molar-refractivity contribution < 1.29 is 24.2 Å². The van der Waals surface area contributed by atoms with Gasteiger partial charge in [0.25, 0.3) is 5.91 Å². The summed E-state index contributed by atoms with van der Waals surface area (Å²) < 4.78 is 4.98. The number of aromatic hydroxyl groups is 1. The number of carbonyl (C=O) groups excluding carboxylic acids is 3. The Morgan fingerprint density at radius 2 is 1.62 bits per heavy atom. The zero-order chi connectivity index (χ0) is 17.5. The van der Waals surface area contributed by atoms with Crippen LogP contribution in [0.3, 0.4) is 0 Å². The second-order valence-electron chi connectivity index (χ2n) is 4.90. The first-order valence-electron chi connectivity index (χ1n) is 7.12. The number of benzene rings is 2. The summed E-state index contributed by atoms with van der Waals surface area (Å²) in [6.45, 7) is 1.35. The minimum atomic E-state index is -1.16. The molecule has 0 aliphatic heterocycles. The number of esters is 1. The molecule has 0 bridgehead atoms. The van der Waals surface area contributed by atoms with E-state index in [2.05, 4.69) is 10.6 Å². The smallest absolute Gasteiger partial charge is 0.338 e. The molecule has 0 aliphatic carbocycles. The van der Waals surface area contributed by atoms with Gasteiger partial charge in [-0.05, 0) is 43.3 Å². The molecular formula is C17H16N2O5. The molecule has 7 heteroatoms. The lowest BCUT2D eigenvalue weighted by Crippen LogP contribution is -2.41. The number of urea groups is 1. The Hall–Kier alpha value is -3.35. The van der Waals surface area contributed by atoms with Crippen molar-refractivity contribution in [2.24, 2.45) is 0 Å². The summed E-state index contributed by atoms with van der Waals surface area (Å²) in [5.74, 6) is -1.48. The molecule has 0 saturated carbocycles. The molecule has 0 fully saturated rings. The first-order valence-corrected chi connectivity index (χ1v) is 7.12. The molecule has 3 amide bonds. The number of para-hydroxylation sites is 1. The van der Waals surface area contributed by atoms with Gasteiger partial charge in [0, 0.05) is 5.69 Å². The van der Waals surface area contributed by atoms with E-state index in [9.17, 15) is 14.4 Å². The van der Waals surface area contributed by atoms with Crippen LogP contribution in [0.1, 0.15) is 17.3 Å². The number of imide groups is 1. The van der Waals surface area contributed by atoms with Crippen LogP contribution in [-0.4, -0.2) is 29.1 Å². The molecule has 24 heavy (non-hydrogen) atoms. The highest BCUT2D eigenvalue weighted by atomic mass is 16.5. The van der Waals surface area contributed by atoms with Crippen molar-refractivity contribution in [2.75, 3.05) is 5.32 Å². The molecular weight excluding hydrogens is 312 g/mol. The fourth-order valence-electron chi connectivity index (χ4n) is 1.78. The van der Waals surface area contributed by atoms with E-state index in [4.69, 9.17) is 9.84 Å². The largest absolute Gasteiger partial charge is 0.508 e. The third kappa shape index (κ3) is 4.84. The molecule has 1 atom stereocenters. The molecule has 0 aliphatic rings. The van der Waals surface area contributed by atoms with Crippen molar-refractivity contribution in [1.82, 2.24) is 5.32 Å². The van der Waals surface area contributed by atoms with Crippen LogP contribution in [0.4, 0.5) is 10.5 Å². The van der Waals surface area contributed by atoms with Gasteiger partial charge in [0.05, 0.1) is 5.56 Å². The lowest BCUT2D eigenvalue weighted by molar-refractivity contribution is -0.127. The average molecular weight is 328 g/mol. The first-order chi connectivity index (χ1) is 11.5. The summed E-state index contributed by atoms with van der Waals surface area (Å²) in [6.07, 6.45) is -1.16. The SMILES string of the molecule is CC(OC(=O)c1ccc(O)cc1)C(=O)NC(=O)Nc1ccccc1. The van der Waals surface area contributed by atoms with E-state index in [0.29, 0.717) is 5.69 Å². The first kappa shape index (κ1) is 17.0. The average Bonchev–Trinajstić information content (AvgIpc) is 2.56. The maximum absolute atomic E-state index is 11.9. The van der Waals surface area contributed by atoms with Crippen LogP contribution in [0.15, 0.2) is 54.6 Å². The van der Waals surface area contributed by atoms with Gasteiger partial charge in [0.15, 0.2) is 6.10 Å². The number of anilines is 1. The van der Waals surface area contributed by atoms with Crippen molar-refractivity contribution in [3.8, 4) is 5.75 Å². The van der Waals surface area contributed by atoms with E-state index in [1.807, 2.05) is 0 Å². The summed E-state index contributed by atoms with van der Waals surface area (Å²) in [6, 6.07) is 13.3. The molecule has 0 spiro atoms. The Morgan fingerprint density at radius 1 is 1.00 bits per heavy atom. The summed E-state index contributed by atoms with van der Waals surface area (Å²) in [7, 11) is 0. The molecule has 0 saturated heterocycles. The summed E-state index contributed by atoms with van der Waals surface area (Å²) in [4.78, 5) is 35.4. The molecule has 2 rings (SSSR count). The highest BCUT2D eigenvalue weighted by Crippen LogP contribution is 2.11. The number of phenolic OH excluding ortho intramolecular Hbond substituents is 1. The Kier molecular flexibility index (Phi) is 5.51. The number of carbonyl (C=O) groups is 3. The second-order valence-corrected chi connectivity index (χ2v) is 4.90. The summed E-state index contributed by atoms with van der Waals surface area (Å²) in [5, 5.41) is 13.7. The van der Waals surface area contributed by atoms with Gasteiger partial charge in [-0.15, -0.1) is 0 Å². The van der Waals surface area contributed by atoms with E-state index < -0.39 is 24.0 Å². The maximum atomic E-state index is 11.9. The van der Waals surface area contributed by atoms with Crippen molar-refractivity contribution in [1.29, 1.82) is 0 Å². The standard InChI is InChI=1S/C17H16N2O5/c1-11(24-16(22)12-7-9-14(20)10-8-12)15(21)19-17(23)18-13-5-3-2-4-6-13/h2-11,20H,1H3,(H2,18,19,21,23). The lowest BCUT2D eigenvalue weighted by Gasteiger charge is -2.13. The predicted molar refractivity (Wildman–Crippen MR) is 86.6 cm³/mol. The Morgan fingerprint density at radius 3 is 2.25 bits per heavy atom. The number of hydrogen-bond donors (Lipinski definition) is 3. The quantitative estimate of drug-likeness (QED) is 0.747. The van der Waals surface area contributed by atoms with Gasteiger partial charge in [-0.2, -0.15) is 0 Å². The van der Waals surface area contributed by atoms with Crippen LogP contribution in [0.25, 0.3) is 0 Å². The monoisotopic (exact) mass is 328 g/mol. The van der Waals surface area contributed by atoms with Gasteiger partial charge in [0.1, 0.15) is 5.75 Å². The summed E-state index contributed by atoms with van der Waals surface area (Å²) in [5.41, 5.74) is 0.706. The zero-order valence-electron chi connectivity index (χ0n) is 12.9. The molecule has 7 nitrogen and oxygen atoms in total. The number of hydrogen-bond acceptors (Lipinski definition) is 5. The number of phenols is 1. The molecule has 3 N–H and O–H groups in total. The Balaban J connectivity index is 1.86. The van der Waals surface area contributed by atoms with Gasteiger partial charge < -0.3 is 15.2 Å². The maximum Gasteiger partial charge on any atom is 0.338 e. The third-order valence-corrected chi connectivity index (χ3v) is 3.02. The van der Waals surface area contributed by atoms with Gasteiger partial charge >= 0.3 is 12.0 Å². The van der Waals surface area contributed by atoms with Gasteiger partial charge in [-0.1, -0.05) is 18.2 Å². The number of amides is 3. The number of rotatable bonds is 4. The van der Waals surface area contributed by atoms with Crippen LogP contribution >= 0.6 is 0 Å². The van der Waals surface area contributed by atoms with Crippen molar-refractivity contribution >= 4 is 23.6 Å². The van der Waals surface area contributed by atoms with Crippen molar-refractivity contribution in [3.63, 3.8) is 0 Å². The highest BCUT2D eigenvalue weighted by molar-refractivity contribution is 6.03. The number of nitrogens with one attached hydrogen (secondary N) is 2. The van der Waals surface area contributed by atoms with E-state index >= 15 is 0 Å². The van der Waals surface area contributed by atoms with Gasteiger partial charge in [-0.3, -0.25) is 10.1 Å². The Bertz CT molecular complexity index is 728. The zero-order valence-corrected chi connectivity index (χ0v) is 12.9. The van der Waals surface area contributed by atoms with Crippen LogP contribution < -0.4 is 10.6 Å². The normalized spacial score (nSPS) is 11.2. The van der Waals surface area contributed by atoms with E-state index in [-0.39, 0.29) is 11.3 Å². The van der Waals surface area contributed by atoms with Crippen LogP contribution in [-0.2, 0) is 9.53 Å². The molecule has 0 aromatic heterocycles. The van der Waals surface area contributed by atoms with E-state index in [1.165, 1.54) is 31.2 Å². The molecule has 0 radical (unpaired) electrons. The molecule has 124 valence electrons. The van der Waals surface area contributed by atoms with Crippen molar-refractivity contribution in [3.05, 3.63) is 60.2 Å². The topological polar surface area (TPSA) is 105 Å². The van der Waals surface area contributed by atoms with E-state index in [1.54, 1.807) is 30.3 Å². The molecule has 1 unspecified atom stereocenters. The van der Waals surface area contributed by atoms with E-state index in [0.717, 1.165) is 0 Å². The Labute approximate surface area is 138 Å². The lowest BCUT2D eigenvalue weighted by atomic mass is 10.2. The van der Waals surface area contributed by atoms with Gasteiger partial charge in [0.2, 0.25) is 0 Å². The van der Waals surface area contributed by atoms with Crippen LogP contribution in [0, 0.1) is 0 Å². The minimum Gasteiger partial charge on any atom is -0.508 e. The van der Waals surface area contributed by atoms with Crippen LogP contribution in [0.5, 0.6) is 5.75 Å². The molecule has 2 aromatic rings. The number of ether oxygens (including phenoxy) is 1. The molecule has 0 heterocycles. The van der Waals surface area contributed by atoms with Gasteiger partial charge in [-0.25, -0.2) is 9.59 Å². The highest BCUT2D eigenvalue weighted by Gasteiger charge is 2.20.